The summed E-state index contributed by atoms with van der Waals surface area (Å²) in [5.41, 5.74) is 5.18. The van der Waals surface area contributed by atoms with Crippen LogP contribution in [0.3, 0.4) is 0 Å². The Balaban J connectivity index is 2.38. The predicted octanol–water partition coefficient (Wildman–Crippen LogP) is 1.01. The number of carbonyl (C=O) groups excluding carboxylic acids is 1. The fourth-order valence-corrected chi connectivity index (χ4v) is 2.14. The average molecular weight is 215 g/mol. The summed E-state index contributed by atoms with van der Waals surface area (Å²) in [6.45, 7) is 2.94. The molecule has 80 valence electrons. The van der Waals surface area contributed by atoms with Crippen LogP contribution < -0.4 is 5.73 Å². The summed E-state index contributed by atoms with van der Waals surface area (Å²) in [6, 6.07) is 0.351. The van der Waals surface area contributed by atoms with Crippen molar-refractivity contribution in [3.8, 4) is 0 Å². The summed E-state index contributed by atoms with van der Waals surface area (Å²) in [6.07, 6.45) is 3.40. The normalized spacial score (nSPS) is 22.1. The van der Waals surface area contributed by atoms with Gasteiger partial charge in [-0.25, -0.2) is 0 Å². The van der Waals surface area contributed by atoms with E-state index in [2.05, 4.69) is 6.92 Å². The highest BCUT2D eigenvalue weighted by molar-refractivity contribution is 8.14. The first-order valence-corrected chi connectivity index (χ1v) is 5.86. The lowest BCUT2D eigenvalue weighted by Gasteiger charge is -2.33. The van der Waals surface area contributed by atoms with Crippen LogP contribution in [0.4, 0.5) is 0 Å². The first kappa shape index (κ1) is 11.4. The molecule has 1 saturated heterocycles. The van der Waals surface area contributed by atoms with Crippen molar-refractivity contribution in [2.75, 3.05) is 12.3 Å². The van der Waals surface area contributed by atoms with Crippen molar-refractivity contribution in [2.24, 2.45) is 5.73 Å². The third kappa shape index (κ3) is 3.21. The molecule has 4 nitrogen and oxygen atoms in total. The zero-order valence-electron chi connectivity index (χ0n) is 8.45. The molecule has 0 spiro atoms. The number of piperidine rings is 1. The third-order valence-electron chi connectivity index (χ3n) is 2.47. The minimum Gasteiger partial charge on any atom is -0.379 e. The van der Waals surface area contributed by atoms with Crippen LogP contribution in [-0.4, -0.2) is 34.3 Å². The van der Waals surface area contributed by atoms with Gasteiger partial charge in [0.25, 0.3) is 0 Å². The number of nitrogens with two attached hydrogens (primary N) is 1. The Kier molecular flexibility index (Phi) is 4.25. The van der Waals surface area contributed by atoms with Crippen LogP contribution in [0.25, 0.3) is 0 Å². The van der Waals surface area contributed by atoms with E-state index in [4.69, 9.17) is 11.1 Å². The van der Waals surface area contributed by atoms with Gasteiger partial charge in [0.1, 0.15) is 0 Å². The maximum Gasteiger partial charge on any atom is 0.233 e. The van der Waals surface area contributed by atoms with Crippen LogP contribution in [-0.2, 0) is 4.79 Å². The van der Waals surface area contributed by atoms with Crippen LogP contribution in [0.15, 0.2) is 0 Å². The lowest BCUT2D eigenvalue weighted by atomic mass is 10.0. The molecule has 1 aliphatic rings. The van der Waals surface area contributed by atoms with Gasteiger partial charge in [-0.1, -0.05) is 11.8 Å². The fraction of sp³-hybridized carbons (Fsp3) is 0.778. The van der Waals surface area contributed by atoms with Gasteiger partial charge >= 0.3 is 0 Å². The van der Waals surface area contributed by atoms with Crippen LogP contribution in [0.5, 0.6) is 0 Å². The maximum absolute atomic E-state index is 11.7. The summed E-state index contributed by atoms with van der Waals surface area (Å²) in [7, 11) is 0. The molecule has 0 radical (unpaired) electrons. The topological polar surface area (TPSA) is 70.2 Å². The second-order valence-corrected chi connectivity index (χ2v) is 4.60. The van der Waals surface area contributed by atoms with Gasteiger partial charge < -0.3 is 10.6 Å². The molecule has 5 heteroatoms. The van der Waals surface area contributed by atoms with Gasteiger partial charge in [0.2, 0.25) is 5.91 Å². The Morgan fingerprint density at radius 3 is 2.93 bits per heavy atom. The molecule has 0 aliphatic carbocycles. The third-order valence-corrected chi connectivity index (χ3v) is 3.18. The van der Waals surface area contributed by atoms with Gasteiger partial charge in [-0.15, -0.1) is 0 Å². The maximum atomic E-state index is 11.7. The number of rotatable bonds is 2. The zero-order chi connectivity index (χ0) is 10.6. The van der Waals surface area contributed by atoms with E-state index >= 15 is 0 Å². The molecule has 1 atom stereocenters. The molecule has 1 rings (SSSR count). The molecule has 0 aromatic carbocycles. The number of amides is 1. The molecular weight excluding hydrogens is 198 g/mol. The Morgan fingerprint density at radius 2 is 2.36 bits per heavy atom. The van der Waals surface area contributed by atoms with E-state index in [9.17, 15) is 4.79 Å². The number of carbonyl (C=O) groups is 1. The van der Waals surface area contributed by atoms with Gasteiger partial charge in [0.05, 0.1) is 5.75 Å². The monoisotopic (exact) mass is 215 g/mol. The fourth-order valence-electron chi connectivity index (χ4n) is 1.69. The lowest BCUT2D eigenvalue weighted by molar-refractivity contribution is -0.131. The summed E-state index contributed by atoms with van der Waals surface area (Å²) in [4.78, 5) is 13.6. The predicted molar refractivity (Wildman–Crippen MR) is 59.4 cm³/mol. The number of nitrogens with zero attached hydrogens (tertiary/aromatic N) is 1. The van der Waals surface area contributed by atoms with Crippen molar-refractivity contribution >= 4 is 22.8 Å². The first-order chi connectivity index (χ1) is 6.61. The Morgan fingerprint density at radius 1 is 1.64 bits per heavy atom. The van der Waals surface area contributed by atoms with Crippen molar-refractivity contribution in [3.05, 3.63) is 0 Å². The molecular formula is C9H17N3OS. The van der Waals surface area contributed by atoms with Gasteiger partial charge in [-0.05, 0) is 26.2 Å². The number of amidine groups is 1. The number of hydrogen-bond donors (Lipinski definition) is 2. The number of likely N-dealkylation sites (tertiary alicyclic amines) is 1. The Labute approximate surface area is 88.7 Å². The molecule has 3 N–H and O–H groups in total. The van der Waals surface area contributed by atoms with Crippen LogP contribution in [0.1, 0.15) is 26.2 Å². The molecule has 1 amide bonds. The van der Waals surface area contributed by atoms with Crippen molar-refractivity contribution < 1.29 is 4.79 Å². The van der Waals surface area contributed by atoms with E-state index in [1.54, 1.807) is 0 Å². The molecule has 1 aliphatic heterocycles. The first-order valence-electron chi connectivity index (χ1n) is 4.87. The molecule has 1 unspecified atom stereocenters. The highest BCUT2D eigenvalue weighted by Gasteiger charge is 2.22. The van der Waals surface area contributed by atoms with Gasteiger partial charge in [-0.3, -0.25) is 10.2 Å². The summed E-state index contributed by atoms with van der Waals surface area (Å²) in [5, 5.41) is 7.04. The van der Waals surface area contributed by atoms with E-state index in [1.165, 1.54) is 6.42 Å². The second kappa shape index (κ2) is 5.24. The van der Waals surface area contributed by atoms with Crippen molar-refractivity contribution in [1.82, 2.24) is 4.90 Å². The van der Waals surface area contributed by atoms with E-state index < -0.39 is 0 Å². The van der Waals surface area contributed by atoms with Crippen molar-refractivity contribution in [2.45, 2.75) is 32.2 Å². The van der Waals surface area contributed by atoms with Gasteiger partial charge in [-0.2, -0.15) is 0 Å². The van der Waals surface area contributed by atoms with Crippen LogP contribution in [0.2, 0.25) is 0 Å². The van der Waals surface area contributed by atoms with E-state index in [0.717, 1.165) is 31.1 Å². The quantitative estimate of drug-likeness (QED) is 0.533. The molecule has 0 aromatic heterocycles. The lowest BCUT2D eigenvalue weighted by Crippen LogP contribution is -2.43. The molecule has 0 saturated carbocycles. The zero-order valence-corrected chi connectivity index (χ0v) is 9.27. The number of hydrogen-bond acceptors (Lipinski definition) is 3. The van der Waals surface area contributed by atoms with Crippen molar-refractivity contribution in [1.29, 1.82) is 5.41 Å². The molecule has 1 fully saturated rings. The summed E-state index contributed by atoms with van der Waals surface area (Å²) < 4.78 is 0. The number of thioether (sulfide) groups is 1. The molecule has 14 heavy (non-hydrogen) atoms. The Bertz CT molecular complexity index is 232. The molecule has 0 aromatic rings. The second-order valence-electron chi connectivity index (χ2n) is 3.58. The smallest absolute Gasteiger partial charge is 0.233 e. The van der Waals surface area contributed by atoms with Crippen LogP contribution in [0, 0.1) is 5.41 Å². The van der Waals surface area contributed by atoms with E-state index in [1.807, 2.05) is 4.90 Å². The minimum atomic E-state index is 0.0167. The summed E-state index contributed by atoms with van der Waals surface area (Å²) in [5.74, 6) is 0.414. The highest BCUT2D eigenvalue weighted by atomic mass is 32.2. The SMILES string of the molecule is CC1CCCCN1C(=O)CSC(=N)N. The van der Waals surface area contributed by atoms with Crippen molar-refractivity contribution in [3.63, 3.8) is 0 Å². The molecule has 1 heterocycles. The highest BCUT2D eigenvalue weighted by Crippen LogP contribution is 2.17. The number of nitrogens with one attached hydrogen (secondary N) is 1. The largest absolute Gasteiger partial charge is 0.379 e. The average Bonchev–Trinajstić information content (AvgIpc) is 2.15. The standard InChI is InChI=1S/C9H17N3OS/c1-7-4-2-3-5-12(7)8(13)6-14-9(10)11/h7H,2-6H2,1H3,(H3,10,11). The minimum absolute atomic E-state index is 0.0167. The van der Waals surface area contributed by atoms with Gasteiger partial charge in [0, 0.05) is 12.6 Å². The van der Waals surface area contributed by atoms with E-state index in [-0.39, 0.29) is 11.1 Å². The summed E-state index contributed by atoms with van der Waals surface area (Å²) >= 11 is 1.10. The van der Waals surface area contributed by atoms with E-state index in [0.29, 0.717) is 11.8 Å². The van der Waals surface area contributed by atoms with Crippen LogP contribution >= 0.6 is 11.8 Å². The molecule has 0 bridgehead atoms. The Hall–Kier alpha value is -0.710. The van der Waals surface area contributed by atoms with Gasteiger partial charge in [0.15, 0.2) is 5.17 Å².